The molecule has 116 valence electrons. The lowest BCUT2D eigenvalue weighted by molar-refractivity contribution is -0.170. The van der Waals surface area contributed by atoms with Crippen LogP contribution in [0, 0.1) is 0 Å². The van der Waals surface area contributed by atoms with Crippen LogP contribution < -0.4 is 5.32 Å². The van der Waals surface area contributed by atoms with Crippen molar-refractivity contribution >= 4 is 5.97 Å². The topological polar surface area (TPSA) is 47.6 Å². The number of hydrogen-bond acceptors (Lipinski definition) is 4. The van der Waals surface area contributed by atoms with Gasteiger partial charge in [-0.15, -0.1) is 0 Å². The first-order valence-corrected chi connectivity index (χ1v) is 7.57. The SMILES string of the molecule is CC(C)(C)OC(C(=O)OCc1ccccc1)[C@H]1CCCN1. The van der Waals surface area contributed by atoms with Crippen LogP contribution in [0.2, 0.25) is 0 Å². The molecule has 1 heterocycles. The third kappa shape index (κ3) is 5.14. The summed E-state index contributed by atoms with van der Waals surface area (Å²) in [5.41, 5.74) is 0.612. The second-order valence-corrected chi connectivity index (χ2v) is 6.45. The number of carbonyl (C=O) groups is 1. The molecule has 4 nitrogen and oxygen atoms in total. The molecule has 1 N–H and O–H groups in total. The van der Waals surface area contributed by atoms with Crippen molar-refractivity contribution in [2.75, 3.05) is 6.54 Å². The van der Waals surface area contributed by atoms with Gasteiger partial charge in [-0.25, -0.2) is 4.79 Å². The average molecular weight is 291 g/mol. The highest BCUT2D eigenvalue weighted by Crippen LogP contribution is 2.20. The van der Waals surface area contributed by atoms with Gasteiger partial charge in [0.25, 0.3) is 0 Å². The molecule has 0 radical (unpaired) electrons. The first-order chi connectivity index (χ1) is 9.96. The van der Waals surface area contributed by atoms with Gasteiger partial charge in [0.15, 0.2) is 6.10 Å². The van der Waals surface area contributed by atoms with E-state index in [-0.39, 0.29) is 24.2 Å². The van der Waals surface area contributed by atoms with Crippen molar-refractivity contribution < 1.29 is 14.3 Å². The van der Waals surface area contributed by atoms with E-state index in [1.54, 1.807) is 0 Å². The normalized spacial score (nSPS) is 20.2. The van der Waals surface area contributed by atoms with Crippen LogP contribution in [0.4, 0.5) is 0 Å². The Hall–Kier alpha value is -1.39. The van der Waals surface area contributed by atoms with Crippen LogP contribution in [-0.4, -0.2) is 30.3 Å². The van der Waals surface area contributed by atoms with Gasteiger partial charge in [0.05, 0.1) is 5.60 Å². The van der Waals surface area contributed by atoms with Gasteiger partial charge in [-0.1, -0.05) is 30.3 Å². The van der Waals surface area contributed by atoms with E-state index in [0.717, 1.165) is 24.9 Å². The summed E-state index contributed by atoms with van der Waals surface area (Å²) in [4.78, 5) is 12.4. The Morgan fingerprint density at radius 2 is 2.05 bits per heavy atom. The van der Waals surface area contributed by atoms with Crippen LogP contribution in [0.25, 0.3) is 0 Å². The first-order valence-electron chi connectivity index (χ1n) is 7.57. The number of carbonyl (C=O) groups excluding carboxylic acids is 1. The third-order valence-electron chi connectivity index (χ3n) is 3.40. The van der Waals surface area contributed by atoms with Crippen LogP contribution in [-0.2, 0) is 20.9 Å². The fourth-order valence-electron chi connectivity index (χ4n) is 2.46. The molecule has 4 heteroatoms. The molecule has 0 bridgehead atoms. The van der Waals surface area contributed by atoms with Crippen LogP contribution in [0.15, 0.2) is 30.3 Å². The molecule has 1 aliphatic rings. The fourth-order valence-corrected chi connectivity index (χ4v) is 2.46. The second kappa shape index (κ2) is 7.05. The van der Waals surface area contributed by atoms with Gasteiger partial charge in [0, 0.05) is 6.04 Å². The van der Waals surface area contributed by atoms with E-state index in [2.05, 4.69) is 5.32 Å². The summed E-state index contributed by atoms with van der Waals surface area (Å²) >= 11 is 0. The Morgan fingerprint density at radius 3 is 2.62 bits per heavy atom. The minimum atomic E-state index is -0.545. The minimum Gasteiger partial charge on any atom is -0.459 e. The zero-order chi connectivity index (χ0) is 15.3. The Labute approximate surface area is 126 Å². The van der Waals surface area contributed by atoms with Crippen LogP contribution in [0.5, 0.6) is 0 Å². The van der Waals surface area contributed by atoms with Crippen molar-refractivity contribution in [3.8, 4) is 0 Å². The fraction of sp³-hybridized carbons (Fsp3) is 0.588. The van der Waals surface area contributed by atoms with E-state index < -0.39 is 6.10 Å². The number of esters is 1. The highest BCUT2D eigenvalue weighted by molar-refractivity contribution is 5.75. The van der Waals surface area contributed by atoms with Crippen LogP contribution >= 0.6 is 0 Å². The van der Waals surface area contributed by atoms with Crippen LogP contribution in [0.1, 0.15) is 39.2 Å². The standard InChI is InChI=1S/C17H25NO3/c1-17(2,3)21-15(14-10-7-11-18-14)16(19)20-12-13-8-5-4-6-9-13/h4-6,8-9,14-15,18H,7,10-12H2,1-3H3/t14-,15?/m1/s1. The predicted octanol–water partition coefficient (Wildman–Crippen LogP) is 2.67. The van der Waals surface area contributed by atoms with Crippen LogP contribution in [0.3, 0.4) is 0 Å². The van der Waals surface area contributed by atoms with E-state index in [9.17, 15) is 4.79 Å². The van der Waals surface area contributed by atoms with Crippen molar-refractivity contribution in [3.05, 3.63) is 35.9 Å². The number of nitrogens with one attached hydrogen (secondary N) is 1. The second-order valence-electron chi connectivity index (χ2n) is 6.45. The summed E-state index contributed by atoms with van der Waals surface area (Å²) in [6.45, 7) is 7.09. The monoisotopic (exact) mass is 291 g/mol. The quantitative estimate of drug-likeness (QED) is 0.847. The van der Waals surface area contributed by atoms with E-state index in [0.29, 0.717) is 0 Å². The van der Waals surface area contributed by atoms with Gasteiger partial charge in [0.2, 0.25) is 0 Å². The predicted molar refractivity (Wildman–Crippen MR) is 81.9 cm³/mol. The molecule has 0 saturated carbocycles. The van der Waals surface area contributed by atoms with Crippen molar-refractivity contribution in [1.29, 1.82) is 0 Å². The summed E-state index contributed by atoms with van der Waals surface area (Å²) < 4.78 is 11.4. The molecule has 0 aromatic heterocycles. The lowest BCUT2D eigenvalue weighted by Gasteiger charge is -2.30. The summed E-state index contributed by atoms with van der Waals surface area (Å²) in [5.74, 6) is -0.284. The molecule has 0 amide bonds. The molecule has 0 aliphatic carbocycles. The van der Waals surface area contributed by atoms with Gasteiger partial charge < -0.3 is 14.8 Å². The summed E-state index contributed by atoms with van der Waals surface area (Å²) in [5, 5.41) is 3.33. The zero-order valence-corrected chi connectivity index (χ0v) is 13.1. The maximum atomic E-state index is 12.4. The van der Waals surface area contributed by atoms with E-state index >= 15 is 0 Å². The summed E-state index contributed by atoms with van der Waals surface area (Å²) in [6.07, 6.45) is 1.47. The Bertz CT molecular complexity index is 447. The number of hydrogen-bond donors (Lipinski definition) is 1. The zero-order valence-electron chi connectivity index (χ0n) is 13.1. The largest absolute Gasteiger partial charge is 0.459 e. The van der Waals surface area contributed by atoms with Crippen molar-refractivity contribution in [2.24, 2.45) is 0 Å². The highest BCUT2D eigenvalue weighted by atomic mass is 16.6. The van der Waals surface area contributed by atoms with Crippen molar-refractivity contribution in [1.82, 2.24) is 5.32 Å². The van der Waals surface area contributed by atoms with Crippen molar-refractivity contribution in [2.45, 2.75) is 58.0 Å². The Balaban J connectivity index is 1.96. The first kappa shape index (κ1) is 16.0. The van der Waals surface area contributed by atoms with E-state index in [1.165, 1.54) is 0 Å². The number of rotatable bonds is 5. The minimum absolute atomic E-state index is 0.0486. The van der Waals surface area contributed by atoms with Gasteiger partial charge in [-0.2, -0.15) is 0 Å². The number of benzene rings is 1. The lowest BCUT2D eigenvalue weighted by atomic mass is 10.1. The van der Waals surface area contributed by atoms with Gasteiger partial charge in [-0.3, -0.25) is 0 Å². The van der Waals surface area contributed by atoms with Gasteiger partial charge in [0.1, 0.15) is 6.61 Å². The molecule has 1 aromatic rings. The van der Waals surface area contributed by atoms with E-state index in [1.807, 2.05) is 51.1 Å². The molecule has 2 atom stereocenters. The highest BCUT2D eigenvalue weighted by Gasteiger charge is 2.35. The molecule has 1 saturated heterocycles. The van der Waals surface area contributed by atoms with Crippen molar-refractivity contribution in [3.63, 3.8) is 0 Å². The smallest absolute Gasteiger partial charge is 0.337 e. The summed E-state index contributed by atoms with van der Waals surface area (Å²) in [7, 11) is 0. The lowest BCUT2D eigenvalue weighted by Crippen LogP contribution is -2.46. The molecule has 1 fully saturated rings. The molecule has 0 spiro atoms. The molecule has 2 rings (SSSR count). The maximum Gasteiger partial charge on any atom is 0.337 e. The summed E-state index contributed by atoms with van der Waals surface area (Å²) in [6, 6.07) is 9.75. The average Bonchev–Trinajstić information content (AvgIpc) is 2.96. The molecule has 1 unspecified atom stereocenters. The molecule has 21 heavy (non-hydrogen) atoms. The third-order valence-corrected chi connectivity index (χ3v) is 3.40. The van der Waals surface area contributed by atoms with Gasteiger partial charge >= 0.3 is 5.97 Å². The molecular weight excluding hydrogens is 266 g/mol. The number of ether oxygens (including phenoxy) is 2. The molecule has 1 aromatic carbocycles. The van der Waals surface area contributed by atoms with E-state index in [4.69, 9.17) is 9.47 Å². The maximum absolute atomic E-state index is 12.4. The van der Waals surface area contributed by atoms with Gasteiger partial charge in [-0.05, 0) is 45.7 Å². The Kier molecular flexibility index (Phi) is 5.37. The molecular formula is C17H25NO3. The molecule has 1 aliphatic heterocycles. The Morgan fingerprint density at radius 1 is 1.33 bits per heavy atom.